The minimum Gasteiger partial charge on any atom is -0.311 e. The molecule has 2 aliphatic heterocycles. The monoisotopic (exact) mass is 857 g/mol. The standard InChI is InChI=1S/C60H52BN3S/c1-37-19-12-15-26-48(37)62(49-27-16-13-20-38(49)2)42-30-31-46-51(36-42)63(50-32-29-40(59(3,4)5)33-45(50)39-21-10-9-11-22-39)52-34-41(60(6,7)8)35-53-55(52)61(46)47-25-18-24-44-56(47)64(53)57-43-23-14-17-28-54(43)65-58(44)57/h9-36H,1-8H3. The Morgan fingerprint density at radius 3 is 1.85 bits per heavy atom. The lowest BCUT2D eigenvalue weighted by Gasteiger charge is -2.42. The van der Waals surface area contributed by atoms with Gasteiger partial charge in [0.15, 0.2) is 0 Å². The van der Waals surface area contributed by atoms with Gasteiger partial charge in [0.1, 0.15) is 0 Å². The Labute approximate surface area is 387 Å². The lowest BCUT2D eigenvalue weighted by Crippen LogP contribution is -2.60. The van der Waals surface area contributed by atoms with Crippen LogP contribution in [0.5, 0.6) is 0 Å². The van der Waals surface area contributed by atoms with Gasteiger partial charge < -0.3 is 14.4 Å². The Bertz CT molecular complexity index is 3520. The molecule has 0 bridgehead atoms. The molecule has 2 aromatic heterocycles. The van der Waals surface area contributed by atoms with Gasteiger partial charge in [-0.15, -0.1) is 11.3 Å². The van der Waals surface area contributed by atoms with Crippen molar-refractivity contribution in [3.8, 4) is 16.8 Å². The summed E-state index contributed by atoms with van der Waals surface area (Å²) >= 11 is 1.93. The quantitative estimate of drug-likeness (QED) is 0.160. The number of rotatable bonds is 5. The SMILES string of the molecule is Cc1ccccc1N(c1ccc2c(c1)N(c1ccc(C(C)(C)C)cc1-c1ccccc1)c1cc(C(C)(C)C)cc3c1B2c1cccc2c4sc5ccccc5c4n-3c12)c1ccccc1C. The van der Waals surface area contributed by atoms with Gasteiger partial charge >= 0.3 is 0 Å². The number of para-hydroxylation sites is 3. The fraction of sp³-hybridized carbons (Fsp3) is 0.167. The lowest BCUT2D eigenvalue weighted by molar-refractivity contribution is 0.589. The van der Waals surface area contributed by atoms with Gasteiger partial charge in [-0.05, 0) is 123 Å². The van der Waals surface area contributed by atoms with Crippen LogP contribution in [0.4, 0.5) is 34.1 Å². The highest BCUT2D eigenvalue weighted by atomic mass is 32.1. The summed E-state index contributed by atoms with van der Waals surface area (Å²) in [5.74, 6) is 0. The topological polar surface area (TPSA) is 11.4 Å². The first-order valence-corrected chi connectivity index (χ1v) is 23.9. The molecule has 0 amide bonds. The minimum absolute atomic E-state index is 0.0141. The third-order valence-corrected chi connectivity index (χ3v) is 15.3. The van der Waals surface area contributed by atoms with Gasteiger partial charge in [-0.1, -0.05) is 157 Å². The fourth-order valence-corrected chi connectivity index (χ4v) is 12.0. The number of fused-ring (bicyclic) bond motifs is 9. The number of anilines is 6. The molecule has 12 rings (SSSR count). The van der Waals surface area contributed by atoms with Crippen LogP contribution < -0.4 is 26.2 Å². The molecular formula is C60H52BN3S. The molecule has 0 spiro atoms. The zero-order valence-corrected chi connectivity index (χ0v) is 39.3. The van der Waals surface area contributed by atoms with Crippen LogP contribution in [0.2, 0.25) is 0 Å². The van der Waals surface area contributed by atoms with Gasteiger partial charge in [-0.25, -0.2) is 0 Å². The Balaban J connectivity index is 1.24. The minimum atomic E-state index is -0.126. The molecule has 0 N–H and O–H groups in total. The van der Waals surface area contributed by atoms with Gasteiger partial charge in [-0.2, -0.15) is 0 Å². The molecule has 0 saturated carbocycles. The van der Waals surface area contributed by atoms with E-state index in [1.54, 1.807) is 0 Å². The molecule has 0 saturated heterocycles. The maximum atomic E-state index is 2.65. The first kappa shape index (κ1) is 39.8. The summed E-state index contributed by atoms with van der Waals surface area (Å²) in [6.45, 7) is 18.5. The van der Waals surface area contributed by atoms with Crippen LogP contribution in [0.1, 0.15) is 63.8 Å². The van der Waals surface area contributed by atoms with Crippen LogP contribution in [-0.2, 0) is 10.8 Å². The molecule has 3 nitrogen and oxygen atoms in total. The van der Waals surface area contributed by atoms with E-state index in [9.17, 15) is 0 Å². The van der Waals surface area contributed by atoms with Crippen molar-refractivity contribution in [1.29, 1.82) is 0 Å². The highest BCUT2D eigenvalue weighted by Crippen LogP contribution is 2.50. The van der Waals surface area contributed by atoms with E-state index in [4.69, 9.17) is 0 Å². The second-order valence-electron chi connectivity index (χ2n) is 20.3. The number of aromatic nitrogens is 1. The molecular weight excluding hydrogens is 806 g/mol. The van der Waals surface area contributed by atoms with Crippen LogP contribution in [0.15, 0.2) is 170 Å². The van der Waals surface area contributed by atoms with Crippen molar-refractivity contribution in [2.75, 3.05) is 9.80 Å². The molecule has 65 heavy (non-hydrogen) atoms. The number of hydrogen-bond acceptors (Lipinski definition) is 3. The molecule has 316 valence electrons. The number of benzene rings is 8. The summed E-state index contributed by atoms with van der Waals surface area (Å²) in [7, 11) is 0. The zero-order chi connectivity index (χ0) is 44.5. The third-order valence-electron chi connectivity index (χ3n) is 14.1. The van der Waals surface area contributed by atoms with E-state index in [0.29, 0.717) is 0 Å². The molecule has 0 aliphatic carbocycles. The molecule has 0 unspecified atom stereocenters. The van der Waals surface area contributed by atoms with E-state index in [0.717, 1.165) is 5.69 Å². The Morgan fingerprint density at radius 1 is 0.492 bits per heavy atom. The van der Waals surface area contributed by atoms with Crippen molar-refractivity contribution in [3.63, 3.8) is 0 Å². The fourth-order valence-electron chi connectivity index (χ4n) is 10.8. The van der Waals surface area contributed by atoms with Crippen LogP contribution in [0.25, 0.3) is 48.0 Å². The third kappa shape index (κ3) is 6.01. The number of hydrogen-bond donors (Lipinski definition) is 0. The molecule has 4 heterocycles. The average molecular weight is 858 g/mol. The Kier molecular flexibility index (Phi) is 8.77. The Morgan fingerprint density at radius 2 is 1.14 bits per heavy atom. The molecule has 8 aromatic carbocycles. The maximum Gasteiger partial charge on any atom is 0.252 e. The Hall–Kier alpha value is -6.82. The van der Waals surface area contributed by atoms with Gasteiger partial charge in [0.2, 0.25) is 0 Å². The van der Waals surface area contributed by atoms with Crippen molar-refractivity contribution in [1.82, 2.24) is 4.57 Å². The van der Waals surface area contributed by atoms with Crippen molar-refractivity contribution >= 4 is 99.8 Å². The second-order valence-corrected chi connectivity index (χ2v) is 21.4. The van der Waals surface area contributed by atoms with Crippen molar-refractivity contribution in [2.24, 2.45) is 0 Å². The first-order chi connectivity index (χ1) is 31.4. The van der Waals surface area contributed by atoms with Crippen LogP contribution in [0.3, 0.4) is 0 Å². The summed E-state index contributed by atoms with van der Waals surface area (Å²) < 4.78 is 5.34. The van der Waals surface area contributed by atoms with Crippen molar-refractivity contribution in [2.45, 2.75) is 66.2 Å². The van der Waals surface area contributed by atoms with E-state index >= 15 is 0 Å². The summed E-state index contributed by atoms with van der Waals surface area (Å²) in [6, 6.07) is 64.3. The average Bonchev–Trinajstić information content (AvgIpc) is 3.84. The van der Waals surface area contributed by atoms with E-state index in [2.05, 4.69) is 240 Å². The number of nitrogens with zero attached hydrogens (tertiary/aromatic N) is 3. The molecule has 0 fully saturated rings. The second kappa shape index (κ2) is 14.3. The van der Waals surface area contributed by atoms with Gasteiger partial charge in [0, 0.05) is 55.2 Å². The van der Waals surface area contributed by atoms with Gasteiger partial charge in [-0.3, -0.25) is 0 Å². The van der Waals surface area contributed by atoms with Crippen LogP contribution in [0, 0.1) is 13.8 Å². The van der Waals surface area contributed by atoms with Crippen LogP contribution in [-0.4, -0.2) is 11.3 Å². The summed E-state index contributed by atoms with van der Waals surface area (Å²) in [5, 5.41) is 2.65. The van der Waals surface area contributed by atoms with E-state index in [1.807, 2.05) is 11.3 Å². The molecule has 2 aliphatic rings. The largest absolute Gasteiger partial charge is 0.311 e. The summed E-state index contributed by atoms with van der Waals surface area (Å²) in [6.07, 6.45) is 0. The highest BCUT2D eigenvalue weighted by molar-refractivity contribution is 7.26. The summed E-state index contributed by atoms with van der Waals surface area (Å²) in [5.41, 5.74) is 22.4. The van der Waals surface area contributed by atoms with E-state index in [1.165, 1.54) is 115 Å². The maximum absolute atomic E-state index is 2.65. The molecule has 0 atom stereocenters. The summed E-state index contributed by atoms with van der Waals surface area (Å²) in [4.78, 5) is 5.12. The van der Waals surface area contributed by atoms with Gasteiger partial charge in [0.05, 0.1) is 21.4 Å². The van der Waals surface area contributed by atoms with Crippen molar-refractivity contribution in [3.05, 3.63) is 192 Å². The number of thiophene rings is 1. The number of aryl methyl sites for hydroxylation is 2. The predicted molar refractivity (Wildman–Crippen MR) is 282 cm³/mol. The zero-order valence-electron chi connectivity index (χ0n) is 38.5. The van der Waals surface area contributed by atoms with E-state index < -0.39 is 0 Å². The smallest absolute Gasteiger partial charge is 0.252 e. The molecule has 0 radical (unpaired) electrons. The van der Waals surface area contributed by atoms with Crippen LogP contribution >= 0.6 is 11.3 Å². The van der Waals surface area contributed by atoms with Crippen molar-refractivity contribution < 1.29 is 0 Å². The molecule has 10 aromatic rings. The lowest BCUT2D eigenvalue weighted by atomic mass is 9.33. The predicted octanol–water partition coefficient (Wildman–Crippen LogP) is 15.0. The normalized spacial score (nSPS) is 13.2. The van der Waals surface area contributed by atoms with E-state index in [-0.39, 0.29) is 17.5 Å². The first-order valence-electron chi connectivity index (χ1n) is 23.1. The highest BCUT2D eigenvalue weighted by Gasteiger charge is 2.44. The van der Waals surface area contributed by atoms with Gasteiger partial charge in [0.25, 0.3) is 6.71 Å². The molecule has 5 heteroatoms.